The second kappa shape index (κ2) is 7.45. The van der Waals surface area contributed by atoms with Gasteiger partial charge in [-0.3, -0.25) is 9.69 Å². The molecule has 0 aromatic heterocycles. The average molecular weight is 359 g/mol. The van der Waals surface area contributed by atoms with E-state index in [1.807, 2.05) is 6.07 Å². The first kappa shape index (κ1) is 17.6. The number of nitrogens with zero attached hydrogens (tertiary/aromatic N) is 1. The zero-order valence-corrected chi connectivity index (χ0v) is 15.6. The molecule has 2 N–H and O–H groups in total. The molecule has 0 bridgehead atoms. The number of piperazine rings is 1. The molecule has 1 saturated heterocycles. The lowest BCUT2D eigenvalue weighted by Gasteiger charge is -2.36. The molecule has 1 aromatic carbocycles. The van der Waals surface area contributed by atoms with Gasteiger partial charge in [-0.2, -0.15) is 0 Å². The van der Waals surface area contributed by atoms with Crippen molar-refractivity contribution in [2.24, 2.45) is 0 Å². The zero-order chi connectivity index (χ0) is 18.0. The molecule has 2 fully saturated rings. The van der Waals surface area contributed by atoms with Crippen LogP contribution in [-0.2, 0) is 10.3 Å². The third-order valence-electron chi connectivity index (χ3n) is 5.92. The second-order valence-electron chi connectivity index (χ2n) is 7.72. The molecule has 1 saturated carbocycles. The van der Waals surface area contributed by atoms with Gasteiger partial charge in [0.15, 0.2) is 11.5 Å². The summed E-state index contributed by atoms with van der Waals surface area (Å²) in [7, 11) is 0. The first-order valence-electron chi connectivity index (χ1n) is 9.82. The quantitative estimate of drug-likeness (QED) is 0.856. The minimum atomic E-state index is -0.274. The van der Waals surface area contributed by atoms with Crippen molar-refractivity contribution in [3.05, 3.63) is 23.8 Å². The summed E-state index contributed by atoms with van der Waals surface area (Å²) in [6.07, 6.45) is 4.24. The van der Waals surface area contributed by atoms with Crippen molar-refractivity contribution < 1.29 is 14.3 Å². The highest BCUT2D eigenvalue weighted by molar-refractivity contribution is 5.79. The van der Waals surface area contributed by atoms with Gasteiger partial charge in [0.05, 0.1) is 12.1 Å². The summed E-state index contributed by atoms with van der Waals surface area (Å²) in [5.74, 6) is 1.72. The Balaban J connectivity index is 1.50. The summed E-state index contributed by atoms with van der Waals surface area (Å²) in [6, 6.07) is 6.53. The fourth-order valence-corrected chi connectivity index (χ4v) is 4.41. The fourth-order valence-electron chi connectivity index (χ4n) is 4.41. The molecule has 0 unspecified atom stereocenters. The predicted molar refractivity (Wildman–Crippen MR) is 99.6 cm³/mol. The fraction of sp³-hybridized carbons (Fsp3) is 0.650. The number of benzene rings is 1. The van der Waals surface area contributed by atoms with Crippen molar-refractivity contribution in [2.45, 2.75) is 44.2 Å². The van der Waals surface area contributed by atoms with Crippen molar-refractivity contribution in [3.63, 3.8) is 0 Å². The lowest BCUT2D eigenvalue weighted by molar-refractivity contribution is -0.125. The van der Waals surface area contributed by atoms with E-state index in [0.717, 1.165) is 62.4 Å². The van der Waals surface area contributed by atoms with Gasteiger partial charge in [-0.1, -0.05) is 18.9 Å². The minimum Gasteiger partial charge on any atom is -0.486 e. The summed E-state index contributed by atoms with van der Waals surface area (Å²) in [5, 5.41) is 6.76. The largest absolute Gasteiger partial charge is 0.486 e. The van der Waals surface area contributed by atoms with E-state index in [4.69, 9.17) is 9.47 Å². The van der Waals surface area contributed by atoms with Gasteiger partial charge in [-0.25, -0.2) is 0 Å². The minimum absolute atomic E-state index is 0.121. The van der Waals surface area contributed by atoms with Crippen molar-refractivity contribution >= 4 is 5.91 Å². The van der Waals surface area contributed by atoms with Gasteiger partial charge in [0.25, 0.3) is 0 Å². The van der Waals surface area contributed by atoms with E-state index in [1.54, 1.807) is 0 Å². The third kappa shape index (κ3) is 3.53. The van der Waals surface area contributed by atoms with E-state index >= 15 is 0 Å². The highest BCUT2D eigenvalue weighted by Gasteiger charge is 2.38. The highest BCUT2D eigenvalue weighted by Crippen LogP contribution is 2.42. The molecule has 6 nitrogen and oxygen atoms in total. The Morgan fingerprint density at radius 3 is 2.81 bits per heavy atom. The number of hydrogen-bond donors (Lipinski definition) is 2. The maximum Gasteiger partial charge on any atom is 0.234 e. The zero-order valence-electron chi connectivity index (χ0n) is 15.6. The summed E-state index contributed by atoms with van der Waals surface area (Å²) in [5.41, 5.74) is 0.866. The van der Waals surface area contributed by atoms with E-state index in [9.17, 15) is 4.79 Å². The standard InChI is InChI=1S/C20H29N3O3/c1-15-13-21-8-9-23(15)14-19(24)22-20(6-2-3-7-20)16-4-5-17-18(12-16)26-11-10-25-17/h4-5,12,15,21H,2-3,6-11,13-14H2,1H3,(H,22,24)/t15-/m0/s1. The Labute approximate surface area is 155 Å². The van der Waals surface area contributed by atoms with Crippen LogP contribution in [-0.4, -0.2) is 56.2 Å². The van der Waals surface area contributed by atoms with Crippen LogP contribution < -0.4 is 20.1 Å². The van der Waals surface area contributed by atoms with E-state index < -0.39 is 0 Å². The van der Waals surface area contributed by atoms with Gasteiger partial charge >= 0.3 is 0 Å². The molecule has 3 aliphatic rings. The van der Waals surface area contributed by atoms with Gasteiger partial charge in [-0.15, -0.1) is 0 Å². The number of fused-ring (bicyclic) bond motifs is 1. The number of amides is 1. The molecule has 4 rings (SSSR count). The topological polar surface area (TPSA) is 62.8 Å². The van der Waals surface area contributed by atoms with Crippen LogP contribution in [0, 0.1) is 0 Å². The van der Waals surface area contributed by atoms with Crippen molar-refractivity contribution in [2.75, 3.05) is 39.4 Å². The van der Waals surface area contributed by atoms with E-state index in [2.05, 4.69) is 34.6 Å². The maximum atomic E-state index is 12.9. The van der Waals surface area contributed by atoms with Gasteiger partial charge < -0.3 is 20.1 Å². The van der Waals surface area contributed by atoms with Gasteiger partial charge in [0, 0.05) is 25.7 Å². The molecule has 1 atom stereocenters. The number of carbonyl (C=O) groups is 1. The smallest absolute Gasteiger partial charge is 0.234 e. The summed E-state index contributed by atoms with van der Waals surface area (Å²) in [4.78, 5) is 15.1. The molecular weight excluding hydrogens is 330 g/mol. The lowest BCUT2D eigenvalue weighted by atomic mass is 9.87. The molecule has 0 radical (unpaired) electrons. The Hall–Kier alpha value is -1.79. The predicted octanol–water partition coefficient (Wildman–Crippen LogP) is 1.64. The number of carbonyl (C=O) groups excluding carboxylic acids is 1. The van der Waals surface area contributed by atoms with Crippen LogP contribution in [0.2, 0.25) is 0 Å². The number of rotatable bonds is 4. The summed E-state index contributed by atoms with van der Waals surface area (Å²) < 4.78 is 11.4. The monoisotopic (exact) mass is 359 g/mol. The van der Waals surface area contributed by atoms with Crippen LogP contribution >= 0.6 is 0 Å². The maximum absolute atomic E-state index is 12.9. The Kier molecular flexibility index (Phi) is 5.05. The number of nitrogens with one attached hydrogen (secondary N) is 2. The summed E-state index contributed by atoms with van der Waals surface area (Å²) >= 11 is 0. The molecule has 1 aromatic rings. The summed E-state index contributed by atoms with van der Waals surface area (Å²) in [6.45, 7) is 6.63. The molecule has 2 heterocycles. The highest BCUT2D eigenvalue weighted by atomic mass is 16.6. The van der Waals surface area contributed by atoms with Gasteiger partial charge in [-0.05, 0) is 37.5 Å². The van der Waals surface area contributed by atoms with Crippen LogP contribution in [0.3, 0.4) is 0 Å². The van der Waals surface area contributed by atoms with E-state index in [-0.39, 0.29) is 11.4 Å². The molecule has 26 heavy (non-hydrogen) atoms. The number of ether oxygens (including phenoxy) is 2. The first-order valence-corrected chi connectivity index (χ1v) is 9.82. The Morgan fingerprint density at radius 2 is 2.04 bits per heavy atom. The molecule has 6 heteroatoms. The van der Waals surface area contributed by atoms with Gasteiger partial charge in [0.1, 0.15) is 13.2 Å². The van der Waals surface area contributed by atoms with E-state index in [0.29, 0.717) is 25.8 Å². The molecule has 1 amide bonds. The molecule has 1 aliphatic carbocycles. The first-order chi connectivity index (χ1) is 12.7. The van der Waals surface area contributed by atoms with E-state index in [1.165, 1.54) is 0 Å². The Bertz CT molecular complexity index is 658. The van der Waals surface area contributed by atoms with Crippen LogP contribution in [0.1, 0.15) is 38.2 Å². The average Bonchev–Trinajstić information content (AvgIpc) is 3.13. The van der Waals surface area contributed by atoms with Crippen molar-refractivity contribution in [1.29, 1.82) is 0 Å². The van der Waals surface area contributed by atoms with Crippen LogP contribution in [0.4, 0.5) is 0 Å². The van der Waals surface area contributed by atoms with Crippen LogP contribution in [0.5, 0.6) is 11.5 Å². The van der Waals surface area contributed by atoms with Crippen molar-refractivity contribution in [1.82, 2.24) is 15.5 Å². The lowest BCUT2D eigenvalue weighted by Crippen LogP contribution is -2.54. The normalized spacial score (nSPS) is 25.0. The third-order valence-corrected chi connectivity index (χ3v) is 5.92. The number of hydrogen-bond acceptors (Lipinski definition) is 5. The van der Waals surface area contributed by atoms with Gasteiger partial charge in [0.2, 0.25) is 5.91 Å². The molecular formula is C20H29N3O3. The molecule has 142 valence electrons. The van der Waals surface area contributed by atoms with Crippen LogP contribution in [0.25, 0.3) is 0 Å². The Morgan fingerprint density at radius 1 is 1.27 bits per heavy atom. The van der Waals surface area contributed by atoms with Crippen LogP contribution in [0.15, 0.2) is 18.2 Å². The SMILES string of the molecule is C[C@H]1CNCCN1CC(=O)NC1(c2ccc3c(c2)OCCO3)CCCC1. The van der Waals surface area contributed by atoms with Crippen molar-refractivity contribution in [3.8, 4) is 11.5 Å². The second-order valence-corrected chi connectivity index (χ2v) is 7.72. The molecule has 2 aliphatic heterocycles. The molecule has 0 spiro atoms.